The van der Waals surface area contributed by atoms with Gasteiger partial charge in [-0.2, -0.15) is 0 Å². The minimum Gasteiger partial charge on any atom is -0.324 e. The molecule has 0 heterocycles. The molecule has 2 N–H and O–H groups in total. The molecule has 1 rings (SSSR count). The lowest BCUT2D eigenvalue weighted by Crippen LogP contribution is -2.10. The molecule has 0 amide bonds. The van der Waals surface area contributed by atoms with Crippen molar-refractivity contribution in [2.45, 2.75) is 38.6 Å². The smallest absolute Gasteiger partial charge is 0.0295 e. The number of rotatable bonds is 5. The molecule has 1 aromatic carbocycles. The van der Waals surface area contributed by atoms with E-state index in [1.807, 2.05) is 6.07 Å². The molecular weight excluding hydrogens is 318 g/mol. The summed E-state index contributed by atoms with van der Waals surface area (Å²) in [6.07, 6.45) is 4.79. The normalized spacial score (nSPS) is 12.8. The molecule has 1 atom stereocenters. The standard InChI is InChI=1S/C12H17Br2N/c1-2-3-4-5-12(15)9-6-10(13)8-11(14)7-9/h6-8,12H,2-5,15H2,1H3. The third-order valence-electron chi connectivity index (χ3n) is 2.43. The summed E-state index contributed by atoms with van der Waals surface area (Å²) in [6, 6.07) is 6.38. The number of hydrogen-bond acceptors (Lipinski definition) is 1. The van der Waals surface area contributed by atoms with Crippen LogP contribution >= 0.6 is 31.9 Å². The van der Waals surface area contributed by atoms with Crippen molar-refractivity contribution in [3.63, 3.8) is 0 Å². The fourth-order valence-corrected chi connectivity index (χ4v) is 2.90. The van der Waals surface area contributed by atoms with Gasteiger partial charge in [0, 0.05) is 15.0 Å². The first-order valence-electron chi connectivity index (χ1n) is 5.35. The Kier molecular flexibility index (Phi) is 5.87. The van der Waals surface area contributed by atoms with Crippen LogP contribution in [-0.2, 0) is 0 Å². The molecule has 0 aromatic heterocycles. The molecule has 0 aliphatic rings. The van der Waals surface area contributed by atoms with Crippen molar-refractivity contribution >= 4 is 31.9 Å². The molecule has 1 nitrogen and oxygen atoms in total. The van der Waals surface area contributed by atoms with Crippen LogP contribution in [0, 0.1) is 0 Å². The lowest BCUT2D eigenvalue weighted by Gasteiger charge is -2.12. The zero-order valence-corrected chi connectivity index (χ0v) is 12.1. The van der Waals surface area contributed by atoms with E-state index in [2.05, 4.69) is 50.9 Å². The predicted molar refractivity (Wildman–Crippen MR) is 72.9 cm³/mol. The first kappa shape index (κ1) is 13.2. The maximum atomic E-state index is 6.13. The van der Waals surface area contributed by atoms with Gasteiger partial charge < -0.3 is 5.73 Å². The topological polar surface area (TPSA) is 26.0 Å². The van der Waals surface area contributed by atoms with Crippen LogP contribution in [0.1, 0.15) is 44.2 Å². The van der Waals surface area contributed by atoms with Crippen molar-refractivity contribution in [3.8, 4) is 0 Å². The van der Waals surface area contributed by atoms with E-state index < -0.39 is 0 Å². The van der Waals surface area contributed by atoms with Gasteiger partial charge in [0.2, 0.25) is 0 Å². The predicted octanol–water partition coefficient (Wildman–Crippen LogP) is 4.79. The number of halogens is 2. The quantitative estimate of drug-likeness (QED) is 0.769. The highest BCUT2D eigenvalue weighted by atomic mass is 79.9. The average Bonchev–Trinajstić information content (AvgIpc) is 2.16. The molecule has 0 radical (unpaired) electrons. The molecule has 0 bridgehead atoms. The second-order valence-electron chi connectivity index (χ2n) is 3.81. The van der Waals surface area contributed by atoms with Crippen molar-refractivity contribution in [1.82, 2.24) is 0 Å². The molecule has 0 fully saturated rings. The first-order chi connectivity index (χ1) is 7.13. The molecule has 0 saturated heterocycles. The van der Waals surface area contributed by atoms with Gasteiger partial charge in [0.1, 0.15) is 0 Å². The Morgan fingerprint density at radius 1 is 1.13 bits per heavy atom. The van der Waals surface area contributed by atoms with Crippen molar-refractivity contribution in [2.24, 2.45) is 5.73 Å². The Morgan fingerprint density at radius 2 is 1.73 bits per heavy atom. The van der Waals surface area contributed by atoms with Gasteiger partial charge in [0.05, 0.1) is 0 Å². The van der Waals surface area contributed by atoms with Crippen LogP contribution in [0.25, 0.3) is 0 Å². The van der Waals surface area contributed by atoms with Crippen LogP contribution in [0.15, 0.2) is 27.1 Å². The summed E-state index contributed by atoms with van der Waals surface area (Å²) in [4.78, 5) is 0. The van der Waals surface area contributed by atoms with E-state index in [0.29, 0.717) is 0 Å². The van der Waals surface area contributed by atoms with Gasteiger partial charge in [-0.3, -0.25) is 0 Å². The maximum absolute atomic E-state index is 6.13. The van der Waals surface area contributed by atoms with Gasteiger partial charge in [-0.05, 0) is 30.2 Å². The molecule has 0 aliphatic heterocycles. The molecule has 0 aliphatic carbocycles. The molecular formula is C12H17Br2N. The van der Waals surface area contributed by atoms with Crippen LogP contribution in [0.5, 0.6) is 0 Å². The van der Waals surface area contributed by atoms with Crippen LogP contribution in [0.2, 0.25) is 0 Å². The minimum atomic E-state index is 0.158. The Bertz CT molecular complexity index is 292. The molecule has 0 saturated carbocycles. The summed E-state index contributed by atoms with van der Waals surface area (Å²) in [7, 11) is 0. The summed E-state index contributed by atoms with van der Waals surface area (Å²) < 4.78 is 2.16. The monoisotopic (exact) mass is 333 g/mol. The molecule has 84 valence electrons. The second-order valence-corrected chi connectivity index (χ2v) is 5.64. The average molecular weight is 335 g/mol. The lowest BCUT2D eigenvalue weighted by molar-refractivity contribution is 0.581. The van der Waals surface area contributed by atoms with Crippen molar-refractivity contribution in [3.05, 3.63) is 32.7 Å². The molecule has 3 heteroatoms. The van der Waals surface area contributed by atoms with Crippen molar-refractivity contribution < 1.29 is 0 Å². The van der Waals surface area contributed by atoms with Crippen LogP contribution in [0.3, 0.4) is 0 Å². The van der Waals surface area contributed by atoms with E-state index in [9.17, 15) is 0 Å². The third-order valence-corrected chi connectivity index (χ3v) is 3.35. The SMILES string of the molecule is CCCCCC(N)c1cc(Br)cc(Br)c1. The molecule has 1 aromatic rings. The Hall–Kier alpha value is 0.140. The minimum absolute atomic E-state index is 0.158. The Morgan fingerprint density at radius 3 is 2.27 bits per heavy atom. The lowest BCUT2D eigenvalue weighted by atomic mass is 10.0. The number of hydrogen-bond donors (Lipinski definition) is 1. The van der Waals surface area contributed by atoms with E-state index in [1.165, 1.54) is 24.8 Å². The van der Waals surface area contributed by atoms with Gasteiger partial charge >= 0.3 is 0 Å². The van der Waals surface area contributed by atoms with Crippen LogP contribution < -0.4 is 5.73 Å². The van der Waals surface area contributed by atoms with Crippen LogP contribution in [-0.4, -0.2) is 0 Å². The van der Waals surface area contributed by atoms with Crippen molar-refractivity contribution in [2.75, 3.05) is 0 Å². The van der Waals surface area contributed by atoms with E-state index in [0.717, 1.165) is 15.4 Å². The highest BCUT2D eigenvalue weighted by Crippen LogP contribution is 2.25. The summed E-state index contributed by atoms with van der Waals surface area (Å²) >= 11 is 6.96. The fraction of sp³-hybridized carbons (Fsp3) is 0.500. The largest absolute Gasteiger partial charge is 0.324 e. The van der Waals surface area contributed by atoms with E-state index in [1.54, 1.807) is 0 Å². The Labute approximate surface area is 109 Å². The summed E-state index contributed by atoms with van der Waals surface area (Å²) in [6.45, 7) is 2.21. The van der Waals surface area contributed by atoms with E-state index in [-0.39, 0.29) is 6.04 Å². The van der Waals surface area contributed by atoms with Crippen molar-refractivity contribution in [1.29, 1.82) is 0 Å². The van der Waals surface area contributed by atoms with E-state index in [4.69, 9.17) is 5.73 Å². The number of unbranched alkanes of at least 4 members (excludes halogenated alkanes) is 2. The third kappa shape index (κ3) is 4.66. The highest BCUT2D eigenvalue weighted by Gasteiger charge is 2.07. The summed E-state index contributed by atoms with van der Waals surface area (Å²) in [5.41, 5.74) is 7.33. The highest BCUT2D eigenvalue weighted by molar-refractivity contribution is 9.11. The van der Waals surface area contributed by atoms with Crippen LogP contribution in [0.4, 0.5) is 0 Å². The fourth-order valence-electron chi connectivity index (χ4n) is 1.57. The Balaban J connectivity index is 2.60. The summed E-state index contributed by atoms with van der Waals surface area (Å²) in [5.74, 6) is 0. The van der Waals surface area contributed by atoms with E-state index >= 15 is 0 Å². The van der Waals surface area contributed by atoms with Gasteiger partial charge in [-0.1, -0.05) is 58.0 Å². The first-order valence-corrected chi connectivity index (χ1v) is 6.93. The second kappa shape index (κ2) is 6.66. The maximum Gasteiger partial charge on any atom is 0.0295 e. The zero-order chi connectivity index (χ0) is 11.3. The van der Waals surface area contributed by atoms with Gasteiger partial charge in [-0.25, -0.2) is 0 Å². The zero-order valence-electron chi connectivity index (χ0n) is 8.97. The number of nitrogens with two attached hydrogens (primary N) is 1. The molecule has 15 heavy (non-hydrogen) atoms. The molecule has 0 spiro atoms. The van der Waals surface area contributed by atoms with Gasteiger partial charge in [-0.15, -0.1) is 0 Å². The number of benzene rings is 1. The molecule has 1 unspecified atom stereocenters. The van der Waals surface area contributed by atoms with Gasteiger partial charge in [0.25, 0.3) is 0 Å². The summed E-state index contributed by atoms with van der Waals surface area (Å²) in [5, 5.41) is 0. The van der Waals surface area contributed by atoms with Gasteiger partial charge in [0.15, 0.2) is 0 Å².